The number of nitrogens with one attached hydrogen (secondary N) is 1. The Labute approximate surface area is 883 Å². The van der Waals surface area contributed by atoms with Gasteiger partial charge in [-0.25, -0.2) is 4.39 Å². The SMILES string of the molecule is COCOCc1ccc2c(c1)COB2c1cccc(Cl)c1.C[N+]1(C)Cc2cc(Cl)ccc2[B-]12OCc1cc(Cl)ccc12.C[N+]1(C)Cc2ccccc2[B-]12OCc1cc(F)ccc12.C[N+]12CCCO[B-]1(c1cccc(Cl)c1)c1ccccc1C2.Clc1cccc(B2OCCCOCCc3ccccc32)c1.Clc1cccc(B2OCCCOCc3ccccc32)c1.Clc1cccc([B-]23OCCC[NH+]2Cc2ccccc23)c1. The van der Waals surface area contributed by atoms with Crippen molar-refractivity contribution in [3.05, 3.63) is 412 Å². The van der Waals surface area contributed by atoms with Crippen molar-refractivity contribution < 1.29 is 73.9 Å². The van der Waals surface area contributed by atoms with E-state index in [1.165, 1.54) is 106 Å². The highest BCUT2D eigenvalue weighted by Crippen LogP contribution is 2.39. The summed E-state index contributed by atoms with van der Waals surface area (Å²) in [6.07, 6.45) is 4.99. The molecule has 14 aromatic carbocycles. The van der Waals surface area contributed by atoms with Crippen molar-refractivity contribution in [3.63, 3.8) is 0 Å². The molecule has 30 heteroatoms. The molecule has 0 amide bonds. The third kappa shape index (κ3) is 21.2. The molecule has 6 atom stereocenters. The fraction of sp³-hybridized carbons (Fsp3) is 0.263. The molecule has 738 valence electrons. The molecule has 0 saturated carbocycles. The fourth-order valence-corrected chi connectivity index (χ4v) is 26.2. The van der Waals surface area contributed by atoms with E-state index in [-0.39, 0.29) is 26.6 Å². The van der Waals surface area contributed by atoms with E-state index in [2.05, 4.69) is 217 Å². The molecule has 2 spiro atoms. The van der Waals surface area contributed by atoms with Gasteiger partial charge in [0.1, 0.15) is 12.6 Å². The topological polar surface area (TPSA) is 106 Å². The molecule has 0 bridgehead atoms. The Morgan fingerprint density at radius 2 is 0.812 bits per heavy atom. The predicted molar refractivity (Wildman–Crippen MR) is 594 cm³/mol. The first-order valence-corrected chi connectivity index (χ1v) is 52.8. The molecule has 0 aliphatic carbocycles. The molecule has 15 nitrogen and oxygen atoms in total. The van der Waals surface area contributed by atoms with Crippen molar-refractivity contribution >= 4 is 204 Å². The van der Waals surface area contributed by atoms with Gasteiger partial charge in [0, 0.05) is 156 Å². The molecule has 2 fully saturated rings. The third-order valence-corrected chi connectivity index (χ3v) is 32.7. The Morgan fingerprint density at radius 3 is 1.43 bits per heavy atom. The third-order valence-electron chi connectivity index (χ3n) is 31.0. The maximum absolute atomic E-state index is 13.5. The van der Waals surface area contributed by atoms with Crippen LogP contribution in [0.5, 0.6) is 0 Å². The van der Waals surface area contributed by atoms with Crippen LogP contribution in [0.25, 0.3) is 0 Å². The van der Waals surface area contributed by atoms with Crippen molar-refractivity contribution in [1.82, 2.24) is 0 Å². The standard InChI is InChI=1S/C17H19BClNO.C17H18BClO2.C16H16BCl2NO.C16H17BClNO.C16H16BClO3.C16H16BClO2.C16H17BFNO/c1-20-10-5-11-21-18(20,15-7-4-8-16(19)12-15)17-9-3-2-6-14(17)13-20;19-16-7-3-6-15(13-16)18-17-8-2-1-5-14(17)9-12-20-10-4-11-21-18;1-20(2)9-11-7-13(18)3-5-15(11)17(20)16-6-4-14(19)8-12(16)10-21-17;18-15-7-3-6-14(11-15)17-16-8-2-1-5-13(16)12-19(17)9-4-10-20-17;1-19-11-20-9-12-5-6-16-13(7-12)10-21-17(16)14-3-2-4-15(18)8-14;18-15-7-3-6-14(11-15)17-16-8-2-1-5-13(16)12-19-9-4-10-20-17;1-19(2)10-12-5-3-4-6-15(12)17(19)16-8-7-14(18)9-13(16)11-20-17/h2-4,6-9,12H,5,10-11,13H2,1H3;1-3,5-8,13H,4,9-12H2;3-8H,9-10H2,1-2H3;1-3,5-8,11,19H,4,9-10,12H2;2-8H,9-11H2,1H3;1-3,5-8,11H,4,9-10,12H2;3-9H,10-11H2,1-2H3. The van der Waals surface area contributed by atoms with Crippen LogP contribution in [0.3, 0.4) is 0 Å². The quantitative estimate of drug-likeness (QED) is 0.0848. The number of halogens is 8. The van der Waals surface area contributed by atoms with Crippen molar-refractivity contribution in [2.24, 2.45) is 0 Å². The van der Waals surface area contributed by atoms with Crippen LogP contribution < -0.4 is 81.3 Å². The lowest BCUT2D eigenvalue weighted by Crippen LogP contribution is -3.25. The number of quaternary nitrogens is 4. The van der Waals surface area contributed by atoms with Gasteiger partial charge in [-0.3, -0.25) is 0 Å². The van der Waals surface area contributed by atoms with Crippen LogP contribution in [0, 0.1) is 5.82 Å². The summed E-state index contributed by atoms with van der Waals surface area (Å²) in [6.45, 7) is 9.69. The summed E-state index contributed by atoms with van der Waals surface area (Å²) < 4.78 is 81.5. The molecule has 0 aromatic heterocycles. The number of hydrogen-bond donors (Lipinski definition) is 1. The van der Waals surface area contributed by atoms with Crippen molar-refractivity contribution in [2.45, 2.75) is 91.3 Å². The minimum Gasteiger partial charge on any atom is -0.531 e. The number of nitrogens with zero attached hydrogens (tertiary/aromatic N) is 3. The van der Waals surface area contributed by atoms with Gasteiger partial charge in [-0.2, -0.15) is 0 Å². The van der Waals surface area contributed by atoms with Gasteiger partial charge in [0.25, 0.3) is 0 Å². The molecule has 2 saturated heterocycles. The van der Waals surface area contributed by atoms with Gasteiger partial charge in [-0.1, -0.05) is 317 Å². The normalized spacial score (nSPS) is 22.2. The minimum atomic E-state index is -1.30. The summed E-state index contributed by atoms with van der Waals surface area (Å²) in [6, 6.07) is 106. The van der Waals surface area contributed by atoms with Crippen LogP contribution in [-0.4, -0.2) is 168 Å². The number of ether oxygens (including phenoxy) is 4. The second-order valence-electron chi connectivity index (χ2n) is 40.8. The monoisotopic (exact) mass is 2060 g/mol. The number of fused-ring (bicyclic) bond motifs is 17. The van der Waals surface area contributed by atoms with E-state index < -0.39 is 25.9 Å². The summed E-state index contributed by atoms with van der Waals surface area (Å²) >= 11 is 43.1. The van der Waals surface area contributed by atoms with Crippen molar-refractivity contribution in [1.29, 1.82) is 0 Å². The van der Waals surface area contributed by atoms with Gasteiger partial charge in [-0.05, 0) is 187 Å². The van der Waals surface area contributed by atoms with Crippen LogP contribution in [0.1, 0.15) is 81.3 Å². The zero-order valence-electron chi connectivity index (χ0n) is 82.4. The molecule has 11 heterocycles. The molecule has 0 radical (unpaired) electrons. The molecule has 11 aliphatic heterocycles. The maximum atomic E-state index is 13.5. The highest BCUT2D eigenvalue weighted by atomic mass is 35.5. The van der Waals surface area contributed by atoms with Crippen molar-refractivity contribution in [2.75, 3.05) is 108 Å². The smallest absolute Gasteiger partial charge is 0.392 e. The molecule has 144 heavy (non-hydrogen) atoms. The average molecular weight is 2060 g/mol. The molecule has 11 aliphatic rings. The van der Waals surface area contributed by atoms with Gasteiger partial charge in [-0.15, -0.1) is 43.7 Å². The predicted octanol–water partition coefficient (Wildman–Crippen LogP) is 14.1. The van der Waals surface area contributed by atoms with E-state index in [9.17, 15) is 4.39 Å². The van der Waals surface area contributed by atoms with Crippen LogP contribution >= 0.6 is 81.2 Å². The zero-order valence-corrected chi connectivity index (χ0v) is 87.7. The lowest BCUT2D eigenvalue weighted by atomic mass is 9.39. The Balaban J connectivity index is 0.000000106. The summed E-state index contributed by atoms with van der Waals surface area (Å²) in [4.78, 5) is 1.54. The zero-order chi connectivity index (χ0) is 99.8. The van der Waals surface area contributed by atoms with E-state index in [1.54, 1.807) is 24.1 Å². The lowest BCUT2D eigenvalue weighted by Gasteiger charge is -2.57. The second kappa shape index (κ2) is 45.5. The largest absolute Gasteiger partial charge is 0.531 e. The summed E-state index contributed by atoms with van der Waals surface area (Å²) in [7, 11) is 12.8. The van der Waals surface area contributed by atoms with E-state index in [1.807, 2.05) is 121 Å². The summed E-state index contributed by atoms with van der Waals surface area (Å²) in [5.74, 6) is -0.184. The first-order valence-electron chi connectivity index (χ1n) is 50.2. The van der Waals surface area contributed by atoms with E-state index in [0.29, 0.717) is 53.0 Å². The van der Waals surface area contributed by atoms with Crippen molar-refractivity contribution in [3.8, 4) is 0 Å². The Bertz CT molecular complexity index is 6930. The second-order valence-corrected chi connectivity index (χ2v) is 43.9. The van der Waals surface area contributed by atoms with Crippen LogP contribution in [0.15, 0.2) is 315 Å². The Kier molecular flexibility index (Phi) is 32.7. The van der Waals surface area contributed by atoms with Gasteiger partial charge < -0.3 is 69.5 Å². The number of hydrogen-bond acceptors (Lipinski definition) is 11. The first-order chi connectivity index (χ1) is 69.9. The molecule has 25 rings (SSSR count). The van der Waals surface area contributed by atoms with Crippen LogP contribution in [0.4, 0.5) is 4.39 Å². The van der Waals surface area contributed by atoms with Gasteiger partial charge in [0.05, 0.1) is 52.6 Å². The fourth-order valence-electron chi connectivity index (χ4n) is 24.8. The lowest BCUT2D eigenvalue weighted by molar-refractivity contribution is -0.832. The van der Waals surface area contributed by atoms with Gasteiger partial charge >= 0.3 is 46.7 Å². The molecule has 14 aromatic rings. The number of methoxy groups -OCH3 is 1. The minimum absolute atomic E-state index is 0.0346. The Morgan fingerprint density at radius 1 is 0.340 bits per heavy atom. The number of rotatable bonds is 9. The van der Waals surface area contributed by atoms with E-state index in [0.717, 1.165) is 179 Å². The Hall–Kier alpha value is -9.11. The van der Waals surface area contributed by atoms with Crippen LogP contribution in [-0.2, 0) is 117 Å². The van der Waals surface area contributed by atoms with Gasteiger partial charge in [0.2, 0.25) is 0 Å². The highest BCUT2D eigenvalue weighted by Gasteiger charge is 2.59. The van der Waals surface area contributed by atoms with Crippen LogP contribution in [0.2, 0.25) is 35.2 Å². The van der Waals surface area contributed by atoms with E-state index >= 15 is 0 Å². The average Bonchev–Trinajstić information content (AvgIpc) is 1.53. The highest BCUT2D eigenvalue weighted by molar-refractivity contribution is 6.95. The summed E-state index contributed by atoms with van der Waals surface area (Å²) in [5.41, 5.74) is 29.5. The first kappa shape index (κ1) is 103. The maximum Gasteiger partial charge on any atom is 0.392 e. The molecule has 6 unspecified atom stereocenters. The number of benzene rings is 14. The molecular weight excluding hydrogens is 1940 g/mol. The molecular formula is C114H119B7Cl7FN4O11. The van der Waals surface area contributed by atoms with Gasteiger partial charge in [0.15, 0.2) is 0 Å². The molecule has 1 N–H and O–H groups in total. The van der Waals surface area contributed by atoms with E-state index in [4.69, 9.17) is 133 Å². The summed E-state index contributed by atoms with van der Waals surface area (Å²) in [5, 5.41) is 5.34.